The molecule has 18 heavy (non-hydrogen) atoms. The maximum Gasteiger partial charge on any atom is 0.0702 e. The maximum atomic E-state index is 5.73. The monoisotopic (exact) mass is 250 g/mol. The second-order valence-electron chi connectivity index (χ2n) is 5.90. The fraction of sp³-hybridized carbons (Fsp3) is 0.867. The molecular formula is C15H26N2O. The minimum absolute atomic E-state index is 0.520. The molecule has 3 nitrogen and oxygen atoms in total. The Labute approximate surface area is 111 Å². The van der Waals surface area contributed by atoms with Gasteiger partial charge in [0.05, 0.1) is 6.10 Å². The molecule has 3 heteroatoms. The molecular weight excluding hydrogens is 224 g/mol. The zero-order chi connectivity index (χ0) is 12.2. The number of ether oxygens (including phenoxy) is 1. The Hall–Kier alpha value is -0.380. The van der Waals surface area contributed by atoms with Crippen LogP contribution < -0.4 is 0 Å². The van der Waals surface area contributed by atoms with Gasteiger partial charge in [-0.05, 0) is 32.1 Å². The van der Waals surface area contributed by atoms with Gasteiger partial charge in [-0.1, -0.05) is 12.2 Å². The first kappa shape index (κ1) is 12.6. The number of hydrogen-bond acceptors (Lipinski definition) is 3. The number of piperazine rings is 1. The van der Waals surface area contributed by atoms with E-state index in [1.54, 1.807) is 0 Å². The predicted octanol–water partition coefficient (Wildman–Crippen LogP) is 1.89. The Bertz CT molecular complexity index is 278. The lowest BCUT2D eigenvalue weighted by molar-refractivity contribution is 0.0436. The van der Waals surface area contributed by atoms with E-state index in [-0.39, 0.29) is 0 Å². The van der Waals surface area contributed by atoms with Gasteiger partial charge in [0.2, 0.25) is 0 Å². The molecule has 0 aromatic carbocycles. The van der Waals surface area contributed by atoms with Gasteiger partial charge in [-0.3, -0.25) is 9.80 Å². The van der Waals surface area contributed by atoms with E-state index >= 15 is 0 Å². The third-order valence-corrected chi connectivity index (χ3v) is 4.59. The molecule has 3 rings (SSSR count). The zero-order valence-corrected chi connectivity index (χ0v) is 11.4. The molecule has 0 N–H and O–H groups in total. The van der Waals surface area contributed by atoms with Crippen LogP contribution in [-0.2, 0) is 4.74 Å². The van der Waals surface area contributed by atoms with E-state index in [4.69, 9.17) is 4.74 Å². The zero-order valence-electron chi connectivity index (χ0n) is 11.4. The summed E-state index contributed by atoms with van der Waals surface area (Å²) in [6.45, 7) is 7.07. The number of hydrogen-bond donors (Lipinski definition) is 0. The molecule has 0 radical (unpaired) electrons. The molecule has 0 aromatic rings. The van der Waals surface area contributed by atoms with Crippen LogP contribution in [0.1, 0.15) is 32.1 Å². The molecule has 2 atom stereocenters. The van der Waals surface area contributed by atoms with Gasteiger partial charge in [0.1, 0.15) is 0 Å². The van der Waals surface area contributed by atoms with Crippen LogP contribution in [0.2, 0.25) is 0 Å². The Morgan fingerprint density at radius 2 is 1.94 bits per heavy atom. The summed E-state index contributed by atoms with van der Waals surface area (Å²) in [6, 6.07) is 0.726. The van der Waals surface area contributed by atoms with Crippen LogP contribution in [0.4, 0.5) is 0 Å². The molecule has 0 amide bonds. The van der Waals surface area contributed by atoms with Gasteiger partial charge in [-0.25, -0.2) is 0 Å². The second-order valence-corrected chi connectivity index (χ2v) is 5.90. The van der Waals surface area contributed by atoms with Gasteiger partial charge < -0.3 is 4.74 Å². The summed E-state index contributed by atoms with van der Waals surface area (Å²) in [5.41, 5.74) is 0. The fourth-order valence-electron chi connectivity index (χ4n) is 3.45. The average Bonchev–Trinajstić information content (AvgIpc) is 2.94. The standard InChI is InChI=1S/C15H26N2O/c1-2-5-14(6-3-1)17-10-8-16(9-11-17)13-15-7-4-12-18-15/h2,5,14-15H,1,3-4,6-13H2. The van der Waals surface area contributed by atoms with Crippen molar-refractivity contribution in [3.63, 3.8) is 0 Å². The average molecular weight is 250 g/mol. The van der Waals surface area contributed by atoms with E-state index in [1.807, 2.05) is 0 Å². The maximum absolute atomic E-state index is 5.73. The third kappa shape index (κ3) is 3.14. The van der Waals surface area contributed by atoms with Crippen molar-refractivity contribution in [2.75, 3.05) is 39.3 Å². The molecule has 3 aliphatic rings. The minimum atomic E-state index is 0.520. The van der Waals surface area contributed by atoms with E-state index in [2.05, 4.69) is 22.0 Å². The summed E-state index contributed by atoms with van der Waals surface area (Å²) < 4.78 is 5.73. The number of allylic oxidation sites excluding steroid dienone is 1. The van der Waals surface area contributed by atoms with Crippen molar-refractivity contribution in [1.29, 1.82) is 0 Å². The van der Waals surface area contributed by atoms with Crippen molar-refractivity contribution in [3.05, 3.63) is 12.2 Å². The molecule has 0 aromatic heterocycles. The molecule has 0 spiro atoms. The minimum Gasteiger partial charge on any atom is -0.377 e. The normalized spacial score (nSPS) is 35.1. The van der Waals surface area contributed by atoms with Crippen LogP contribution >= 0.6 is 0 Å². The quantitative estimate of drug-likeness (QED) is 0.712. The molecule has 2 fully saturated rings. The summed E-state index contributed by atoms with van der Waals surface area (Å²) in [5, 5.41) is 0. The van der Waals surface area contributed by atoms with Crippen molar-refractivity contribution >= 4 is 0 Å². The molecule has 0 bridgehead atoms. The SMILES string of the molecule is C1=CC(N2CCN(CC3CCCO3)CC2)CCC1. The first-order chi connectivity index (χ1) is 8.92. The molecule has 0 saturated carbocycles. The van der Waals surface area contributed by atoms with Gasteiger partial charge in [0.25, 0.3) is 0 Å². The lowest BCUT2D eigenvalue weighted by Crippen LogP contribution is -2.51. The smallest absolute Gasteiger partial charge is 0.0702 e. The van der Waals surface area contributed by atoms with E-state index in [0.717, 1.165) is 19.2 Å². The van der Waals surface area contributed by atoms with Crippen LogP contribution in [0.15, 0.2) is 12.2 Å². The van der Waals surface area contributed by atoms with Gasteiger partial charge >= 0.3 is 0 Å². The Morgan fingerprint density at radius 1 is 1.06 bits per heavy atom. The van der Waals surface area contributed by atoms with Crippen LogP contribution in [0.25, 0.3) is 0 Å². The lowest BCUT2D eigenvalue weighted by atomic mass is 10.0. The van der Waals surface area contributed by atoms with Crippen molar-refractivity contribution in [3.8, 4) is 0 Å². The van der Waals surface area contributed by atoms with E-state index in [1.165, 1.54) is 58.3 Å². The third-order valence-electron chi connectivity index (χ3n) is 4.59. The van der Waals surface area contributed by atoms with Crippen molar-refractivity contribution < 1.29 is 4.74 Å². The molecule has 2 saturated heterocycles. The summed E-state index contributed by atoms with van der Waals surface area (Å²) in [6.07, 6.45) is 11.9. The first-order valence-electron chi connectivity index (χ1n) is 7.66. The lowest BCUT2D eigenvalue weighted by Gasteiger charge is -2.39. The van der Waals surface area contributed by atoms with E-state index in [9.17, 15) is 0 Å². The Morgan fingerprint density at radius 3 is 2.61 bits per heavy atom. The van der Waals surface area contributed by atoms with Crippen LogP contribution in [-0.4, -0.2) is 61.3 Å². The van der Waals surface area contributed by atoms with Gasteiger partial charge in [0, 0.05) is 45.4 Å². The second kappa shape index (κ2) is 6.18. The highest BCUT2D eigenvalue weighted by atomic mass is 16.5. The van der Waals surface area contributed by atoms with Crippen LogP contribution in [0, 0.1) is 0 Å². The van der Waals surface area contributed by atoms with E-state index < -0.39 is 0 Å². The fourth-order valence-corrected chi connectivity index (χ4v) is 3.45. The van der Waals surface area contributed by atoms with Crippen molar-refractivity contribution in [1.82, 2.24) is 9.80 Å². The van der Waals surface area contributed by atoms with Gasteiger partial charge in [0.15, 0.2) is 0 Å². The number of rotatable bonds is 3. The highest BCUT2D eigenvalue weighted by molar-refractivity contribution is 4.99. The topological polar surface area (TPSA) is 15.7 Å². The Kier molecular flexibility index (Phi) is 4.34. The molecule has 2 unspecified atom stereocenters. The molecule has 1 aliphatic carbocycles. The van der Waals surface area contributed by atoms with Gasteiger partial charge in [-0.15, -0.1) is 0 Å². The summed E-state index contributed by atoms with van der Waals surface area (Å²) in [5.74, 6) is 0. The highest BCUT2D eigenvalue weighted by Gasteiger charge is 2.25. The molecule has 2 heterocycles. The molecule has 102 valence electrons. The highest BCUT2D eigenvalue weighted by Crippen LogP contribution is 2.19. The Balaban J connectivity index is 1.42. The van der Waals surface area contributed by atoms with Crippen LogP contribution in [0.5, 0.6) is 0 Å². The summed E-state index contributed by atoms with van der Waals surface area (Å²) >= 11 is 0. The van der Waals surface area contributed by atoms with Crippen LogP contribution in [0.3, 0.4) is 0 Å². The predicted molar refractivity (Wildman–Crippen MR) is 73.8 cm³/mol. The van der Waals surface area contributed by atoms with E-state index in [0.29, 0.717) is 6.10 Å². The summed E-state index contributed by atoms with van der Waals surface area (Å²) in [4.78, 5) is 5.26. The van der Waals surface area contributed by atoms with Crippen molar-refractivity contribution in [2.24, 2.45) is 0 Å². The van der Waals surface area contributed by atoms with Gasteiger partial charge in [-0.2, -0.15) is 0 Å². The van der Waals surface area contributed by atoms with Crippen molar-refractivity contribution in [2.45, 2.75) is 44.2 Å². The number of nitrogens with zero attached hydrogens (tertiary/aromatic N) is 2. The molecule has 2 aliphatic heterocycles. The summed E-state index contributed by atoms with van der Waals surface area (Å²) in [7, 11) is 0. The first-order valence-corrected chi connectivity index (χ1v) is 7.66. The largest absolute Gasteiger partial charge is 0.377 e.